The summed E-state index contributed by atoms with van der Waals surface area (Å²) in [6, 6.07) is 0. The van der Waals surface area contributed by atoms with Crippen LogP contribution in [0.25, 0.3) is 0 Å². The zero-order chi connectivity index (χ0) is 7.28. The van der Waals surface area contributed by atoms with E-state index in [0.29, 0.717) is 0 Å². The van der Waals surface area contributed by atoms with Crippen LogP contribution in [0.1, 0.15) is 20.3 Å². The van der Waals surface area contributed by atoms with Gasteiger partial charge in [0.1, 0.15) is 0 Å². The molecule has 0 fully saturated rings. The third kappa shape index (κ3) is 5.31. The van der Waals surface area contributed by atoms with Crippen molar-refractivity contribution < 1.29 is 5.11 Å². The summed E-state index contributed by atoms with van der Waals surface area (Å²) in [6.45, 7) is 7.33. The van der Waals surface area contributed by atoms with E-state index in [1.54, 1.807) is 13.0 Å². The molecule has 0 saturated carbocycles. The van der Waals surface area contributed by atoms with Gasteiger partial charge >= 0.3 is 0 Å². The first-order valence-corrected chi connectivity index (χ1v) is 3.14. The van der Waals surface area contributed by atoms with Crippen LogP contribution in [0.5, 0.6) is 0 Å². The lowest BCUT2D eigenvalue weighted by Crippen LogP contribution is -1.95. The lowest BCUT2D eigenvalue weighted by atomic mass is 10.2. The van der Waals surface area contributed by atoms with E-state index in [4.69, 9.17) is 5.11 Å². The van der Waals surface area contributed by atoms with Crippen LogP contribution in [-0.4, -0.2) is 11.2 Å². The lowest BCUT2D eigenvalue weighted by molar-refractivity contribution is 0.198. The SMILES string of the molecule is C=C/C(C)=C\CC(C)O. The zero-order valence-electron chi connectivity index (χ0n) is 6.09. The van der Waals surface area contributed by atoms with Crippen LogP contribution in [0.2, 0.25) is 0 Å². The van der Waals surface area contributed by atoms with Crippen molar-refractivity contribution in [3.8, 4) is 0 Å². The number of aliphatic hydroxyl groups is 1. The molecule has 1 N–H and O–H groups in total. The Morgan fingerprint density at radius 3 is 2.67 bits per heavy atom. The second-order valence-corrected chi connectivity index (χ2v) is 2.24. The largest absolute Gasteiger partial charge is 0.393 e. The second-order valence-electron chi connectivity index (χ2n) is 2.24. The van der Waals surface area contributed by atoms with Gasteiger partial charge in [-0.3, -0.25) is 0 Å². The summed E-state index contributed by atoms with van der Waals surface area (Å²) in [5, 5.41) is 8.82. The Bertz CT molecular complexity index is 112. The molecule has 0 aliphatic rings. The maximum absolute atomic E-state index is 8.82. The highest BCUT2D eigenvalue weighted by molar-refractivity contribution is 5.12. The number of rotatable bonds is 3. The fourth-order valence-corrected chi connectivity index (χ4v) is 0.440. The monoisotopic (exact) mass is 126 g/mol. The van der Waals surface area contributed by atoms with E-state index in [0.717, 1.165) is 12.0 Å². The molecule has 0 aliphatic carbocycles. The van der Waals surface area contributed by atoms with Gasteiger partial charge in [0, 0.05) is 0 Å². The molecule has 1 unspecified atom stereocenters. The molecule has 1 atom stereocenters. The maximum Gasteiger partial charge on any atom is 0.0546 e. The van der Waals surface area contributed by atoms with E-state index in [9.17, 15) is 0 Å². The van der Waals surface area contributed by atoms with Gasteiger partial charge in [0.15, 0.2) is 0 Å². The minimum absolute atomic E-state index is 0.236. The smallest absolute Gasteiger partial charge is 0.0546 e. The molecular formula is C8H14O. The molecule has 0 aromatic heterocycles. The summed E-state index contributed by atoms with van der Waals surface area (Å²) in [6.07, 6.45) is 4.23. The first-order valence-electron chi connectivity index (χ1n) is 3.14. The van der Waals surface area contributed by atoms with Gasteiger partial charge in [0.2, 0.25) is 0 Å². The molecule has 0 aromatic rings. The van der Waals surface area contributed by atoms with Crippen molar-refractivity contribution in [1.82, 2.24) is 0 Å². The van der Waals surface area contributed by atoms with Crippen molar-refractivity contribution in [3.63, 3.8) is 0 Å². The predicted molar refractivity (Wildman–Crippen MR) is 40.3 cm³/mol. The fraction of sp³-hybridized carbons (Fsp3) is 0.500. The Morgan fingerprint density at radius 2 is 2.33 bits per heavy atom. The molecule has 0 bridgehead atoms. The van der Waals surface area contributed by atoms with Gasteiger partial charge in [0.05, 0.1) is 6.10 Å². The summed E-state index contributed by atoms with van der Waals surface area (Å²) < 4.78 is 0. The highest BCUT2D eigenvalue weighted by atomic mass is 16.3. The van der Waals surface area contributed by atoms with Crippen LogP contribution in [0.15, 0.2) is 24.3 Å². The molecule has 0 aromatic carbocycles. The number of aliphatic hydroxyl groups excluding tert-OH is 1. The van der Waals surface area contributed by atoms with E-state index in [2.05, 4.69) is 6.58 Å². The van der Waals surface area contributed by atoms with E-state index < -0.39 is 0 Å². The van der Waals surface area contributed by atoms with Crippen molar-refractivity contribution in [1.29, 1.82) is 0 Å². The molecule has 52 valence electrons. The van der Waals surface area contributed by atoms with Gasteiger partial charge in [-0.05, 0) is 20.3 Å². The Morgan fingerprint density at radius 1 is 1.78 bits per heavy atom. The molecule has 0 saturated heterocycles. The molecular weight excluding hydrogens is 112 g/mol. The molecule has 0 aliphatic heterocycles. The van der Waals surface area contributed by atoms with Crippen molar-refractivity contribution >= 4 is 0 Å². The Kier molecular flexibility index (Phi) is 4.06. The highest BCUT2D eigenvalue weighted by Crippen LogP contribution is 1.98. The summed E-state index contributed by atoms with van der Waals surface area (Å²) in [5.74, 6) is 0. The minimum Gasteiger partial charge on any atom is -0.393 e. The van der Waals surface area contributed by atoms with Crippen molar-refractivity contribution in [2.24, 2.45) is 0 Å². The Balaban J connectivity index is 3.56. The van der Waals surface area contributed by atoms with Gasteiger partial charge in [-0.2, -0.15) is 0 Å². The third-order valence-electron chi connectivity index (χ3n) is 1.10. The van der Waals surface area contributed by atoms with Crippen LogP contribution in [-0.2, 0) is 0 Å². The van der Waals surface area contributed by atoms with E-state index in [1.807, 2.05) is 13.0 Å². The van der Waals surface area contributed by atoms with Crippen LogP contribution in [0, 0.1) is 0 Å². The topological polar surface area (TPSA) is 20.2 Å². The van der Waals surface area contributed by atoms with Crippen molar-refractivity contribution in [2.75, 3.05) is 0 Å². The Labute approximate surface area is 56.7 Å². The Hall–Kier alpha value is -0.560. The van der Waals surface area contributed by atoms with Gasteiger partial charge in [-0.25, -0.2) is 0 Å². The number of hydrogen-bond donors (Lipinski definition) is 1. The molecule has 9 heavy (non-hydrogen) atoms. The molecule has 1 heteroatoms. The summed E-state index contributed by atoms with van der Waals surface area (Å²) in [4.78, 5) is 0. The zero-order valence-corrected chi connectivity index (χ0v) is 6.09. The summed E-state index contributed by atoms with van der Waals surface area (Å²) in [7, 11) is 0. The number of allylic oxidation sites excluding steroid dienone is 2. The van der Waals surface area contributed by atoms with Crippen LogP contribution in [0.3, 0.4) is 0 Å². The lowest BCUT2D eigenvalue weighted by Gasteiger charge is -1.97. The van der Waals surface area contributed by atoms with Crippen molar-refractivity contribution in [3.05, 3.63) is 24.3 Å². The molecule has 0 spiro atoms. The third-order valence-corrected chi connectivity index (χ3v) is 1.10. The van der Waals surface area contributed by atoms with Crippen LogP contribution >= 0.6 is 0 Å². The van der Waals surface area contributed by atoms with Crippen LogP contribution in [0.4, 0.5) is 0 Å². The normalized spacial score (nSPS) is 15.2. The maximum atomic E-state index is 8.82. The van der Waals surface area contributed by atoms with E-state index in [-0.39, 0.29) is 6.10 Å². The molecule has 0 rings (SSSR count). The van der Waals surface area contributed by atoms with E-state index in [1.165, 1.54) is 0 Å². The quantitative estimate of drug-likeness (QED) is 0.572. The minimum atomic E-state index is -0.236. The van der Waals surface area contributed by atoms with Gasteiger partial charge < -0.3 is 5.11 Å². The first kappa shape index (κ1) is 8.44. The predicted octanol–water partition coefficient (Wildman–Crippen LogP) is 1.89. The summed E-state index contributed by atoms with van der Waals surface area (Å²) >= 11 is 0. The fourth-order valence-electron chi connectivity index (χ4n) is 0.440. The van der Waals surface area contributed by atoms with Gasteiger partial charge in [-0.1, -0.05) is 24.3 Å². The standard InChI is InChI=1S/C8H14O/c1-4-7(2)5-6-8(3)9/h4-5,8-9H,1,6H2,2-3H3/b7-5-. The van der Waals surface area contributed by atoms with Crippen LogP contribution < -0.4 is 0 Å². The van der Waals surface area contributed by atoms with E-state index >= 15 is 0 Å². The molecule has 0 radical (unpaired) electrons. The molecule has 0 amide bonds. The first-order chi connectivity index (χ1) is 4.16. The average Bonchev–Trinajstić information content (AvgIpc) is 1.83. The van der Waals surface area contributed by atoms with Gasteiger partial charge in [-0.15, -0.1) is 0 Å². The van der Waals surface area contributed by atoms with Crippen molar-refractivity contribution in [2.45, 2.75) is 26.4 Å². The molecule has 1 nitrogen and oxygen atoms in total. The molecule has 0 heterocycles. The number of hydrogen-bond acceptors (Lipinski definition) is 1. The highest BCUT2D eigenvalue weighted by Gasteiger charge is 1.89. The van der Waals surface area contributed by atoms with Gasteiger partial charge in [0.25, 0.3) is 0 Å². The summed E-state index contributed by atoms with van der Waals surface area (Å²) in [5.41, 5.74) is 1.12. The average molecular weight is 126 g/mol. The second kappa shape index (κ2) is 4.33.